The van der Waals surface area contributed by atoms with Crippen LogP contribution in [-0.2, 0) is 11.3 Å². The summed E-state index contributed by atoms with van der Waals surface area (Å²) in [5.74, 6) is 0.546. The van der Waals surface area contributed by atoms with Crippen molar-refractivity contribution in [3.8, 4) is 0 Å². The summed E-state index contributed by atoms with van der Waals surface area (Å²) in [5.41, 5.74) is 3.09. The van der Waals surface area contributed by atoms with Crippen molar-refractivity contribution in [3.63, 3.8) is 0 Å². The molecule has 0 spiro atoms. The van der Waals surface area contributed by atoms with Gasteiger partial charge in [0, 0.05) is 48.3 Å². The minimum Gasteiger partial charge on any atom is -0.341 e. The number of halogens is 2. The van der Waals surface area contributed by atoms with Crippen LogP contribution < -0.4 is 0 Å². The zero-order valence-electron chi connectivity index (χ0n) is 16.3. The lowest BCUT2D eigenvalue weighted by atomic mass is 10.2. The lowest BCUT2D eigenvalue weighted by Gasteiger charge is -2.22. The summed E-state index contributed by atoms with van der Waals surface area (Å²) in [6, 6.07) is 9.82. The molecule has 1 amide bonds. The van der Waals surface area contributed by atoms with Gasteiger partial charge in [0.2, 0.25) is 5.91 Å². The molecule has 2 aromatic rings. The van der Waals surface area contributed by atoms with Gasteiger partial charge in [-0.05, 0) is 50.1 Å². The topological polar surface area (TPSA) is 36.4 Å². The molecule has 1 aliphatic heterocycles. The van der Waals surface area contributed by atoms with Gasteiger partial charge in [-0.3, -0.25) is 14.7 Å². The van der Waals surface area contributed by atoms with Gasteiger partial charge in [-0.25, -0.2) is 0 Å². The second-order valence-electron chi connectivity index (χ2n) is 7.10. The van der Waals surface area contributed by atoms with E-state index in [2.05, 4.69) is 16.0 Å². The first-order valence-electron chi connectivity index (χ1n) is 9.43. The van der Waals surface area contributed by atoms with E-state index in [1.165, 1.54) is 11.8 Å². The number of thioether (sulfide) groups is 1. The highest BCUT2D eigenvalue weighted by Crippen LogP contribution is 2.32. The average molecular weight is 438 g/mol. The Bertz CT molecular complexity index is 846. The molecule has 0 atom stereocenters. The predicted octanol–water partition coefficient (Wildman–Crippen LogP) is 4.83. The number of carbonyl (C=O) groups excluding carboxylic acids is 1. The fourth-order valence-corrected chi connectivity index (χ4v) is 4.73. The molecule has 1 saturated heterocycles. The average Bonchev–Trinajstić information content (AvgIpc) is 2.89. The van der Waals surface area contributed by atoms with Gasteiger partial charge in [0.1, 0.15) is 0 Å². The molecule has 0 unspecified atom stereocenters. The minimum atomic E-state index is 0.157. The van der Waals surface area contributed by atoms with E-state index in [-0.39, 0.29) is 5.91 Å². The number of aryl methyl sites for hydroxylation is 2. The Morgan fingerprint density at radius 3 is 2.71 bits per heavy atom. The maximum atomic E-state index is 12.7. The molecule has 1 aromatic carbocycles. The number of nitrogens with zero attached hydrogens (tertiary/aromatic N) is 3. The normalized spacial score (nSPS) is 15.5. The second-order valence-corrected chi connectivity index (χ2v) is 8.93. The van der Waals surface area contributed by atoms with E-state index >= 15 is 0 Å². The van der Waals surface area contributed by atoms with Crippen molar-refractivity contribution in [3.05, 3.63) is 57.3 Å². The van der Waals surface area contributed by atoms with Gasteiger partial charge in [0.05, 0.1) is 16.5 Å². The number of benzene rings is 1. The third-order valence-corrected chi connectivity index (χ3v) is 6.71. The van der Waals surface area contributed by atoms with Gasteiger partial charge in [-0.2, -0.15) is 0 Å². The number of pyridine rings is 1. The zero-order chi connectivity index (χ0) is 20.1. The molecule has 1 aliphatic rings. The Kier molecular flexibility index (Phi) is 7.63. The number of aromatic nitrogens is 1. The third-order valence-electron chi connectivity index (χ3n) is 4.84. The van der Waals surface area contributed by atoms with Crippen molar-refractivity contribution in [1.29, 1.82) is 0 Å². The van der Waals surface area contributed by atoms with Crippen molar-refractivity contribution < 1.29 is 4.79 Å². The molecular formula is C21H25Cl2N3OS. The van der Waals surface area contributed by atoms with E-state index in [0.717, 1.165) is 61.0 Å². The molecule has 150 valence electrons. The fourth-order valence-electron chi connectivity index (χ4n) is 3.27. The van der Waals surface area contributed by atoms with Crippen LogP contribution in [0.3, 0.4) is 0 Å². The van der Waals surface area contributed by atoms with Crippen molar-refractivity contribution in [2.45, 2.75) is 31.7 Å². The summed E-state index contributed by atoms with van der Waals surface area (Å²) in [6.07, 6.45) is 0.975. The van der Waals surface area contributed by atoms with Crippen LogP contribution in [0.2, 0.25) is 10.0 Å². The quantitative estimate of drug-likeness (QED) is 0.627. The minimum absolute atomic E-state index is 0.157. The van der Waals surface area contributed by atoms with Crippen LogP contribution in [0.5, 0.6) is 0 Å². The SMILES string of the molecule is Cc1cccc(CN2CCCN(C(=O)CSc3cc(C)c(Cl)cc3Cl)CC2)n1. The first-order chi connectivity index (χ1) is 13.4. The van der Waals surface area contributed by atoms with E-state index in [4.69, 9.17) is 23.2 Å². The van der Waals surface area contributed by atoms with Crippen LogP contribution >= 0.6 is 35.0 Å². The number of carbonyl (C=O) groups is 1. The number of amides is 1. The highest BCUT2D eigenvalue weighted by atomic mass is 35.5. The molecule has 0 aliphatic carbocycles. The van der Waals surface area contributed by atoms with Gasteiger partial charge in [-0.1, -0.05) is 29.3 Å². The molecule has 3 rings (SSSR count). The number of hydrogen-bond acceptors (Lipinski definition) is 4. The molecule has 1 fully saturated rings. The molecule has 0 saturated carbocycles. The Hall–Kier alpha value is -1.27. The maximum absolute atomic E-state index is 12.7. The van der Waals surface area contributed by atoms with Gasteiger partial charge in [0.25, 0.3) is 0 Å². The molecule has 1 aromatic heterocycles. The molecule has 7 heteroatoms. The molecule has 28 heavy (non-hydrogen) atoms. The standard InChI is InChI=1S/C21H25Cl2N3OS/c1-15-11-20(19(23)12-18(15)22)28-14-21(27)26-8-4-7-25(9-10-26)13-17-6-3-5-16(2)24-17/h3,5-6,11-12H,4,7-10,13-14H2,1-2H3. The smallest absolute Gasteiger partial charge is 0.232 e. The molecule has 4 nitrogen and oxygen atoms in total. The Labute approximate surface area is 181 Å². The van der Waals surface area contributed by atoms with Gasteiger partial charge in [0.15, 0.2) is 0 Å². The van der Waals surface area contributed by atoms with Crippen molar-refractivity contribution in [2.75, 3.05) is 31.9 Å². The van der Waals surface area contributed by atoms with Crippen molar-refractivity contribution in [1.82, 2.24) is 14.8 Å². The van der Waals surface area contributed by atoms with Crippen molar-refractivity contribution >= 4 is 40.9 Å². The third kappa shape index (κ3) is 5.86. The molecule has 2 heterocycles. The van der Waals surface area contributed by atoms with E-state index in [9.17, 15) is 4.79 Å². The van der Waals surface area contributed by atoms with Crippen LogP contribution in [0.15, 0.2) is 35.2 Å². The zero-order valence-corrected chi connectivity index (χ0v) is 18.6. The highest BCUT2D eigenvalue weighted by molar-refractivity contribution is 8.00. The van der Waals surface area contributed by atoms with Crippen LogP contribution in [0.4, 0.5) is 0 Å². The Morgan fingerprint density at radius 2 is 1.93 bits per heavy atom. The van der Waals surface area contributed by atoms with E-state index in [1.54, 1.807) is 6.07 Å². The van der Waals surface area contributed by atoms with Crippen LogP contribution in [-0.4, -0.2) is 52.6 Å². The Morgan fingerprint density at radius 1 is 1.11 bits per heavy atom. The van der Waals surface area contributed by atoms with Crippen LogP contribution in [0, 0.1) is 13.8 Å². The van der Waals surface area contributed by atoms with Crippen molar-refractivity contribution in [2.24, 2.45) is 0 Å². The maximum Gasteiger partial charge on any atom is 0.232 e. The summed E-state index contributed by atoms with van der Waals surface area (Å²) in [5, 5.41) is 1.25. The first-order valence-corrected chi connectivity index (χ1v) is 11.2. The molecule has 0 radical (unpaired) electrons. The predicted molar refractivity (Wildman–Crippen MR) is 117 cm³/mol. The monoisotopic (exact) mass is 437 g/mol. The summed E-state index contributed by atoms with van der Waals surface area (Å²) in [7, 11) is 0. The lowest BCUT2D eigenvalue weighted by Crippen LogP contribution is -2.36. The summed E-state index contributed by atoms with van der Waals surface area (Å²) in [4.78, 5) is 22.5. The largest absolute Gasteiger partial charge is 0.341 e. The number of hydrogen-bond donors (Lipinski definition) is 0. The van der Waals surface area contributed by atoms with E-state index < -0.39 is 0 Å². The molecule has 0 bridgehead atoms. The number of rotatable bonds is 5. The Balaban J connectivity index is 1.52. The van der Waals surface area contributed by atoms with Gasteiger partial charge >= 0.3 is 0 Å². The summed E-state index contributed by atoms with van der Waals surface area (Å²) in [6.45, 7) is 8.18. The van der Waals surface area contributed by atoms with Crippen LogP contribution in [0.25, 0.3) is 0 Å². The highest BCUT2D eigenvalue weighted by Gasteiger charge is 2.20. The summed E-state index contributed by atoms with van der Waals surface area (Å²) < 4.78 is 0. The molecule has 0 N–H and O–H groups in total. The summed E-state index contributed by atoms with van der Waals surface area (Å²) >= 11 is 13.8. The molecular weight excluding hydrogens is 413 g/mol. The van der Waals surface area contributed by atoms with E-state index in [0.29, 0.717) is 15.8 Å². The van der Waals surface area contributed by atoms with E-state index in [1.807, 2.05) is 36.9 Å². The first kappa shape index (κ1) is 21.4. The van der Waals surface area contributed by atoms with Gasteiger partial charge in [-0.15, -0.1) is 11.8 Å². The van der Waals surface area contributed by atoms with Gasteiger partial charge < -0.3 is 4.90 Å². The fraction of sp³-hybridized carbons (Fsp3) is 0.429. The lowest BCUT2D eigenvalue weighted by molar-refractivity contribution is -0.128. The van der Waals surface area contributed by atoms with Crippen LogP contribution in [0.1, 0.15) is 23.4 Å². The second kappa shape index (κ2) is 9.97.